The Bertz CT molecular complexity index is 711. The third kappa shape index (κ3) is 4.70. The zero-order chi connectivity index (χ0) is 18.4. The smallest absolute Gasteiger partial charge is 0.226 e. The lowest BCUT2D eigenvalue weighted by Gasteiger charge is -2.34. The summed E-state index contributed by atoms with van der Waals surface area (Å²) >= 11 is 0. The van der Waals surface area contributed by atoms with E-state index in [1.807, 2.05) is 42.2 Å². The first-order chi connectivity index (χ1) is 12.7. The second kappa shape index (κ2) is 8.95. The number of nitrogens with zero attached hydrogens (tertiary/aromatic N) is 2. The molecule has 0 radical (unpaired) electrons. The highest BCUT2D eigenvalue weighted by Crippen LogP contribution is 2.22. The largest absolute Gasteiger partial charge is 0.338 e. The summed E-state index contributed by atoms with van der Waals surface area (Å²) in [6.07, 6.45) is 1.69. The zero-order valence-electron chi connectivity index (χ0n) is 15.4. The van der Waals surface area contributed by atoms with E-state index >= 15 is 0 Å². The molecule has 138 valence electrons. The normalized spacial score (nSPS) is 15.8. The number of hydrogen-bond donors (Lipinski definition) is 0. The Morgan fingerprint density at radius 1 is 1.08 bits per heavy atom. The summed E-state index contributed by atoms with van der Waals surface area (Å²) in [5, 5.41) is 0. The minimum Gasteiger partial charge on any atom is -0.338 e. The molecule has 0 unspecified atom stereocenters. The summed E-state index contributed by atoms with van der Waals surface area (Å²) in [7, 11) is 0. The fourth-order valence-electron chi connectivity index (χ4n) is 3.61. The molecule has 26 heavy (non-hydrogen) atoms. The maximum absolute atomic E-state index is 13.8. The first kappa shape index (κ1) is 18.6. The van der Waals surface area contributed by atoms with Crippen molar-refractivity contribution in [3.05, 3.63) is 71.5 Å². The first-order valence-electron chi connectivity index (χ1n) is 9.46. The highest BCUT2D eigenvalue weighted by Gasteiger charge is 2.28. The van der Waals surface area contributed by atoms with E-state index in [1.54, 1.807) is 6.07 Å². The van der Waals surface area contributed by atoms with Crippen LogP contribution in [0.4, 0.5) is 4.39 Å². The number of carbonyl (C=O) groups excluding carboxylic acids is 1. The van der Waals surface area contributed by atoms with Crippen LogP contribution in [0.1, 0.15) is 30.9 Å². The molecule has 0 atom stereocenters. The highest BCUT2D eigenvalue weighted by molar-refractivity contribution is 5.79. The molecule has 0 saturated carbocycles. The number of carbonyl (C=O) groups is 1. The molecule has 3 nitrogen and oxygen atoms in total. The van der Waals surface area contributed by atoms with E-state index in [9.17, 15) is 9.18 Å². The number of rotatable bonds is 6. The van der Waals surface area contributed by atoms with Gasteiger partial charge in [0.1, 0.15) is 5.82 Å². The monoisotopic (exact) mass is 354 g/mol. The maximum Gasteiger partial charge on any atom is 0.226 e. The van der Waals surface area contributed by atoms with E-state index in [4.69, 9.17) is 0 Å². The van der Waals surface area contributed by atoms with Crippen molar-refractivity contribution < 1.29 is 9.18 Å². The van der Waals surface area contributed by atoms with Crippen LogP contribution in [-0.2, 0) is 17.9 Å². The van der Waals surface area contributed by atoms with Gasteiger partial charge in [-0.25, -0.2) is 4.39 Å². The van der Waals surface area contributed by atoms with E-state index in [0.717, 1.165) is 38.0 Å². The SMILES string of the molecule is CCN(Cc1ccccc1)C(=O)C1CCN(Cc2ccccc2F)CC1. The number of piperidine rings is 1. The lowest BCUT2D eigenvalue weighted by molar-refractivity contribution is -0.137. The average molecular weight is 354 g/mol. The minimum atomic E-state index is -0.147. The van der Waals surface area contributed by atoms with Crippen LogP contribution in [0.25, 0.3) is 0 Å². The van der Waals surface area contributed by atoms with Crippen molar-refractivity contribution in [1.29, 1.82) is 0 Å². The quantitative estimate of drug-likeness (QED) is 0.780. The molecule has 0 aliphatic carbocycles. The van der Waals surface area contributed by atoms with Crippen LogP contribution in [0, 0.1) is 11.7 Å². The van der Waals surface area contributed by atoms with Gasteiger partial charge < -0.3 is 4.90 Å². The van der Waals surface area contributed by atoms with Crippen molar-refractivity contribution in [2.75, 3.05) is 19.6 Å². The van der Waals surface area contributed by atoms with Crippen molar-refractivity contribution in [1.82, 2.24) is 9.80 Å². The fourth-order valence-corrected chi connectivity index (χ4v) is 3.61. The number of halogens is 1. The van der Waals surface area contributed by atoms with Gasteiger partial charge in [-0.05, 0) is 44.5 Å². The van der Waals surface area contributed by atoms with Gasteiger partial charge in [0.25, 0.3) is 0 Å². The van der Waals surface area contributed by atoms with Crippen molar-refractivity contribution in [2.45, 2.75) is 32.9 Å². The molecular formula is C22H27FN2O. The highest BCUT2D eigenvalue weighted by atomic mass is 19.1. The van der Waals surface area contributed by atoms with E-state index in [2.05, 4.69) is 17.0 Å². The second-order valence-corrected chi connectivity index (χ2v) is 6.98. The fraction of sp³-hybridized carbons (Fsp3) is 0.409. The number of hydrogen-bond acceptors (Lipinski definition) is 2. The summed E-state index contributed by atoms with van der Waals surface area (Å²) in [5.74, 6) is 0.183. The third-order valence-corrected chi connectivity index (χ3v) is 5.20. The third-order valence-electron chi connectivity index (χ3n) is 5.20. The van der Waals surface area contributed by atoms with Gasteiger partial charge in [0, 0.05) is 31.1 Å². The maximum atomic E-state index is 13.8. The average Bonchev–Trinajstić information content (AvgIpc) is 2.69. The lowest BCUT2D eigenvalue weighted by atomic mass is 9.94. The Morgan fingerprint density at radius 3 is 2.38 bits per heavy atom. The molecule has 0 aromatic heterocycles. The molecule has 4 heteroatoms. The summed E-state index contributed by atoms with van der Waals surface area (Å²) < 4.78 is 13.8. The van der Waals surface area contributed by atoms with Crippen LogP contribution < -0.4 is 0 Å². The molecule has 1 heterocycles. The Balaban J connectivity index is 1.53. The van der Waals surface area contributed by atoms with Crippen LogP contribution in [-0.4, -0.2) is 35.3 Å². The summed E-state index contributed by atoms with van der Waals surface area (Å²) in [5.41, 5.74) is 1.90. The van der Waals surface area contributed by atoms with Gasteiger partial charge >= 0.3 is 0 Å². The van der Waals surface area contributed by atoms with Crippen LogP contribution in [0.3, 0.4) is 0 Å². The van der Waals surface area contributed by atoms with Crippen LogP contribution >= 0.6 is 0 Å². The molecule has 1 saturated heterocycles. The molecular weight excluding hydrogens is 327 g/mol. The molecule has 1 amide bonds. The summed E-state index contributed by atoms with van der Waals surface area (Å²) in [6, 6.07) is 17.1. The molecule has 2 aromatic carbocycles. The molecule has 1 aliphatic heterocycles. The molecule has 0 bridgehead atoms. The Hall–Kier alpha value is -2.20. The second-order valence-electron chi connectivity index (χ2n) is 6.98. The number of likely N-dealkylation sites (tertiary alicyclic amines) is 1. The molecule has 1 fully saturated rings. The van der Waals surface area contributed by atoms with E-state index in [-0.39, 0.29) is 17.6 Å². The standard InChI is InChI=1S/C22H27FN2O/c1-2-25(16-18-8-4-3-5-9-18)22(26)19-12-14-24(15-13-19)17-20-10-6-7-11-21(20)23/h3-11,19H,2,12-17H2,1H3. The summed E-state index contributed by atoms with van der Waals surface area (Å²) in [4.78, 5) is 17.1. The van der Waals surface area contributed by atoms with Gasteiger partial charge in [-0.2, -0.15) is 0 Å². The molecule has 1 aliphatic rings. The topological polar surface area (TPSA) is 23.6 Å². The zero-order valence-corrected chi connectivity index (χ0v) is 15.4. The Kier molecular flexibility index (Phi) is 6.40. The molecule has 3 rings (SSSR count). The predicted octanol–water partition coefficient (Wildman–Crippen LogP) is 4.09. The van der Waals surface area contributed by atoms with Crippen molar-refractivity contribution in [3.8, 4) is 0 Å². The Labute approximate surface area is 155 Å². The van der Waals surface area contributed by atoms with E-state index in [1.165, 1.54) is 11.6 Å². The molecule has 2 aromatic rings. The number of amides is 1. The first-order valence-corrected chi connectivity index (χ1v) is 9.46. The summed E-state index contributed by atoms with van der Waals surface area (Å²) in [6.45, 7) is 5.74. The predicted molar refractivity (Wildman–Crippen MR) is 102 cm³/mol. The van der Waals surface area contributed by atoms with Gasteiger partial charge in [-0.15, -0.1) is 0 Å². The van der Waals surface area contributed by atoms with Gasteiger partial charge in [-0.3, -0.25) is 9.69 Å². The van der Waals surface area contributed by atoms with Gasteiger partial charge in [-0.1, -0.05) is 48.5 Å². The molecule has 0 N–H and O–H groups in total. The van der Waals surface area contributed by atoms with Gasteiger partial charge in [0.2, 0.25) is 5.91 Å². The van der Waals surface area contributed by atoms with Crippen LogP contribution in [0.15, 0.2) is 54.6 Å². The van der Waals surface area contributed by atoms with Gasteiger partial charge in [0.05, 0.1) is 0 Å². The molecule has 0 spiro atoms. The number of benzene rings is 2. The van der Waals surface area contributed by atoms with E-state index < -0.39 is 0 Å². The van der Waals surface area contributed by atoms with Crippen molar-refractivity contribution >= 4 is 5.91 Å². The van der Waals surface area contributed by atoms with Crippen molar-refractivity contribution in [3.63, 3.8) is 0 Å². The van der Waals surface area contributed by atoms with Crippen LogP contribution in [0.5, 0.6) is 0 Å². The van der Waals surface area contributed by atoms with Gasteiger partial charge in [0.15, 0.2) is 0 Å². The Morgan fingerprint density at radius 2 is 1.73 bits per heavy atom. The lowest BCUT2D eigenvalue weighted by Crippen LogP contribution is -2.42. The van der Waals surface area contributed by atoms with E-state index in [0.29, 0.717) is 13.1 Å². The van der Waals surface area contributed by atoms with Crippen LogP contribution in [0.2, 0.25) is 0 Å². The van der Waals surface area contributed by atoms with Crippen molar-refractivity contribution in [2.24, 2.45) is 5.92 Å². The minimum absolute atomic E-state index is 0.0792.